The van der Waals surface area contributed by atoms with Gasteiger partial charge in [-0.3, -0.25) is 0 Å². The molecule has 1 saturated heterocycles. The molecule has 0 unspecified atom stereocenters. The van der Waals surface area contributed by atoms with Crippen molar-refractivity contribution in [1.29, 1.82) is 0 Å². The van der Waals surface area contributed by atoms with Crippen molar-refractivity contribution < 1.29 is 27.7 Å². The minimum absolute atomic E-state index is 0.00983. The molecule has 1 fully saturated rings. The third kappa shape index (κ3) is 8.13. The normalized spacial score (nSPS) is 18.1. The van der Waals surface area contributed by atoms with E-state index in [9.17, 15) is 13.5 Å². The number of methoxy groups -OCH3 is 1. The fourth-order valence-corrected chi connectivity index (χ4v) is 7.65. The molecule has 0 radical (unpaired) electrons. The van der Waals surface area contributed by atoms with E-state index in [1.807, 2.05) is 91.0 Å². The lowest BCUT2D eigenvalue weighted by atomic mass is 9.98. The molecule has 0 amide bonds. The predicted molar refractivity (Wildman–Crippen MR) is 184 cm³/mol. The van der Waals surface area contributed by atoms with E-state index in [0.717, 1.165) is 49.8 Å². The van der Waals surface area contributed by atoms with E-state index in [-0.39, 0.29) is 30.3 Å². The molecule has 5 aromatic carbocycles. The summed E-state index contributed by atoms with van der Waals surface area (Å²) >= 11 is 1.70. The van der Waals surface area contributed by atoms with Gasteiger partial charge >= 0.3 is 0 Å². The Morgan fingerprint density at radius 2 is 1.49 bits per heavy atom. The number of rotatable bonds is 12. The topological polar surface area (TPSA) is 94.1 Å². The standard InChI is InChI=1S/C38H37NO6S2/c1-43-35-13-7-8-14-37(35)46-26-32-23-36(29-17-15-27(25-40)16-18-29)45-38(44-32)30-21-19-28(20-22-30)34-12-6-5-9-31(34)24-39-47(41,42)33-10-3-2-4-11-33/h2-22,32,36,38-40H,23-26H2,1H3/t32-,36+,38+/m1/s1. The molecular formula is C38H37NO6S2. The fraction of sp³-hybridized carbons (Fsp3) is 0.211. The Morgan fingerprint density at radius 3 is 2.23 bits per heavy atom. The van der Waals surface area contributed by atoms with Gasteiger partial charge in [0.05, 0.1) is 30.8 Å². The second-order valence-electron chi connectivity index (χ2n) is 11.2. The van der Waals surface area contributed by atoms with Crippen molar-refractivity contribution in [1.82, 2.24) is 4.72 Å². The van der Waals surface area contributed by atoms with Crippen LogP contribution in [0.25, 0.3) is 11.1 Å². The van der Waals surface area contributed by atoms with Crippen molar-refractivity contribution in [2.45, 2.75) is 47.9 Å². The monoisotopic (exact) mass is 667 g/mol. The Hall–Kier alpha value is -3.96. The molecule has 0 spiro atoms. The van der Waals surface area contributed by atoms with Crippen LogP contribution < -0.4 is 9.46 Å². The van der Waals surface area contributed by atoms with Gasteiger partial charge in [0.15, 0.2) is 6.29 Å². The van der Waals surface area contributed by atoms with Crippen LogP contribution in [0.2, 0.25) is 0 Å². The van der Waals surface area contributed by atoms with Crippen LogP contribution in [-0.4, -0.2) is 32.5 Å². The molecule has 9 heteroatoms. The Labute approximate surface area is 280 Å². The third-order valence-electron chi connectivity index (χ3n) is 8.13. The lowest BCUT2D eigenvalue weighted by Gasteiger charge is -2.36. The van der Waals surface area contributed by atoms with E-state index in [0.29, 0.717) is 6.42 Å². The number of hydrogen-bond acceptors (Lipinski definition) is 7. The molecule has 0 saturated carbocycles. The second kappa shape index (κ2) is 15.3. The number of sulfonamides is 1. The molecule has 2 N–H and O–H groups in total. The summed E-state index contributed by atoms with van der Waals surface area (Å²) in [6.45, 7) is 0.149. The average Bonchev–Trinajstić information content (AvgIpc) is 3.13. The largest absolute Gasteiger partial charge is 0.496 e. The number of ether oxygens (including phenoxy) is 3. The highest BCUT2D eigenvalue weighted by Crippen LogP contribution is 2.41. The van der Waals surface area contributed by atoms with E-state index < -0.39 is 16.3 Å². The molecule has 0 bridgehead atoms. The summed E-state index contributed by atoms with van der Waals surface area (Å²) < 4.78 is 47.1. The molecule has 1 aliphatic heterocycles. The lowest BCUT2D eigenvalue weighted by Crippen LogP contribution is -2.31. The van der Waals surface area contributed by atoms with Gasteiger partial charge in [-0.05, 0) is 52.1 Å². The zero-order valence-corrected chi connectivity index (χ0v) is 27.6. The Morgan fingerprint density at radius 1 is 0.809 bits per heavy atom. The maximum Gasteiger partial charge on any atom is 0.240 e. The smallest absolute Gasteiger partial charge is 0.240 e. The van der Waals surface area contributed by atoms with Crippen molar-refractivity contribution >= 4 is 21.8 Å². The molecule has 7 nitrogen and oxygen atoms in total. The number of hydrogen-bond donors (Lipinski definition) is 2. The van der Waals surface area contributed by atoms with Crippen LogP contribution in [0.5, 0.6) is 5.75 Å². The summed E-state index contributed by atoms with van der Waals surface area (Å²) in [5.74, 6) is 1.55. The van der Waals surface area contributed by atoms with E-state index in [1.165, 1.54) is 0 Å². The van der Waals surface area contributed by atoms with E-state index in [1.54, 1.807) is 49.2 Å². The van der Waals surface area contributed by atoms with Crippen LogP contribution >= 0.6 is 11.8 Å². The number of aliphatic hydroxyl groups is 1. The highest BCUT2D eigenvalue weighted by Gasteiger charge is 2.32. The van der Waals surface area contributed by atoms with Crippen LogP contribution in [0.4, 0.5) is 0 Å². The SMILES string of the molecule is COc1ccccc1SC[C@H]1C[C@@H](c2ccc(CO)cc2)O[C@@H](c2ccc(-c3ccccc3CNS(=O)(=O)c3ccccc3)cc2)O1. The van der Waals surface area contributed by atoms with Crippen molar-refractivity contribution in [3.8, 4) is 16.9 Å². The molecule has 3 atom stereocenters. The van der Waals surface area contributed by atoms with Gasteiger partial charge in [-0.1, -0.05) is 103 Å². The molecule has 1 heterocycles. The summed E-state index contributed by atoms with van der Waals surface area (Å²) in [5, 5.41) is 9.53. The van der Waals surface area contributed by atoms with Gasteiger partial charge in [-0.25, -0.2) is 13.1 Å². The molecule has 6 rings (SSSR count). The Kier molecular flexibility index (Phi) is 10.7. The van der Waals surface area contributed by atoms with Crippen molar-refractivity contribution in [2.24, 2.45) is 0 Å². The van der Waals surface area contributed by atoms with Gasteiger partial charge in [0.2, 0.25) is 10.0 Å². The Balaban J connectivity index is 1.21. The molecule has 0 aromatic heterocycles. The third-order valence-corrected chi connectivity index (χ3v) is 10.7. The van der Waals surface area contributed by atoms with Gasteiger partial charge in [0.1, 0.15) is 5.75 Å². The molecule has 47 heavy (non-hydrogen) atoms. The predicted octanol–water partition coefficient (Wildman–Crippen LogP) is 7.67. The number of aliphatic hydroxyl groups excluding tert-OH is 1. The van der Waals surface area contributed by atoms with Crippen LogP contribution in [0.15, 0.2) is 137 Å². The molecule has 0 aliphatic carbocycles. The van der Waals surface area contributed by atoms with Gasteiger partial charge in [0, 0.05) is 29.2 Å². The first-order valence-electron chi connectivity index (χ1n) is 15.4. The first kappa shape index (κ1) is 33.0. The fourth-order valence-electron chi connectivity index (χ4n) is 5.58. The Bertz CT molecular complexity index is 1870. The summed E-state index contributed by atoms with van der Waals surface area (Å²) in [6, 6.07) is 40.0. The van der Waals surface area contributed by atoms with Crippen molar-refractivity contribution in [3.05, 3.63) is 150 Å². The van der Waals surface area contributed by atoms with Gasteiger partial charge in [-0.15, -0.1) is 11.8 Å². The van der Waals surface area contributed by atoms with Crippen LogP contribution in [0.3, 0.4) is 0 Å². The zero-order chi connectivity index (χ0) is 32.6. The van der Waals surface area contributed by atoms with Crippen LogP contribution in [-0.2, 0) is 32.6 Å². The summed E-state index contributed by atoms with van der Waals surface area (Å²) in [5.41, 5.74) is 5.53. The number of thioether (sulfide) groups is 1. The highest BCUT2D eigenvalue weighted by atomic mass is 32.2. The van der Waals surface area contributed by atoms with Crippen molar-refractivity contribution in [2.75, 3.05) is 12.9 Å². The van der Waals surface area contributed by atoms with Crippen LogP contribution in [0.1, 0.15) is 41.1 Å². The number of benzene rings is 5. The van der Waals surface area contributed by atoms with Crippen LogP contribution in [0, 0.1) is 0 Å². The quantitative estimate of drug-likeness (QED) is 0.132. The number of para-hydroxylation sites is 1. The lowest BCUT2D eigenvalue weighted by molar-refractivity contribution is -0.245. The molecule has 5 aromatic rings. The minimum atomic E-state index is -3.65. The van der Waals surface area contributed by atoms with Gasteiger partial charge < -0.3 is 19.3 Å². The highest BCUT2D eigenvalue weighted by molar-refractivity contribution is 7.99. The molecular weight excluding hydrogens is 631 g/mol. The number of nitrogens with one attached hydrogen (secondary N) is 1. The summed E-state index contributed by atoms with van der Waals surface area (Å²) in [4.78, 5) is 1.29. The average molecular weight is 668 g/mol. The first-order valence-corrected chi connectivity index (χ1v) is 17.9. The first-order chi connectivity index (χ1) is 22.9. The van der Waals surface area contributed by atoms with E-state index >= 15 is 0 Å². The summed E-state index contributed by atoms with van der Waals surface area (Å²) in [6.07, 6.45) is -0.190. The minimum Gasteiger partial charge on any atom is -0.496 e. The zero-order valence-electron chi connectivity index (χ0n) is 26.0. The molecule has 242 valence electrons. The van der Waals surface area contributed by atoms with Gasteiger partial charge in [0.25, 0.3) is 0 Å². The van der Waals surface area contributed by atoms with Gasteiger partial charge in [-0.2, -0.15) is 0 Å². The van der Waals surface area contributed by atoms with E-state index in [4.69, 9.17) is 14.2 Å². The van der Waals surface area contributed by atoms with Crippen molar-refractivity contribution in [3.63, 3.8) is 0 Å². The van der Waals surface area contributed by atoms with E-state index in [2.05, 4.69) is 10.8 Å². The summed E-state index contributed by atoms with van der Waals surface area (Å²) in [7, 11) is -1.97. The maximum absolute atomic E-state index is 12.9. The second-order valence-corrected chi connectivity index (χ2v) is 14.1. The molecule has 1 aliphatic rings. The maximum atomic E-state index is 12.9.